The van der Waals surface area contributed by atoms with E-state index in [9.17, 15) is 0 Å². The van der Waals surface area contributed by atoms with Crippen LogP contribution in [0.2, 0.25) is 0 Å². The van der Waals surface area contributed by atoms with E-state index in [4.69, 9.17) is 9.51 Å². The summed E-state index contributed by atoms with van der Waals surface area (Å²) in [5.74, 6) is 2.74. The molecule has 2 aromatic rings. The lowest BCUT2D eigenvalue weighted by molar-refractivity contribution is 0.118. The van der Waals surface area contributed by atoms with Gasteiger partial charge in [-0.3, -0.25) is 0 Å². The molecule has 2 saturated heterocycles. The molecule has 0 aliphatic carbocycles. The van der Waals surface area contributed by atoms with Gasteiger partial charge in [-0.05, 0) is 46.3 Å². The Morgan fingerprint density at radius 3 is 2.75 bits per heavy atom. The first-order valence-electron chi connectivity index (χ1n) is 8.52. The second kappa shape index (κ2) is 5.51. The quantitative estimate of drug-likeness (QED) is 0.827. The van der Waals surface area contributed by atoms with Gasteiger partial charge in [-0.1, -0.05) is 5.16 Å². The van der Waals surface area contributed by atoms with Gasteiger partial charge in [0.15, 0.2) is 5.82 Å². The molecule has 0 radical (unpaired) electrons. The number of aryl methyl sites for hydroxylation is 3. The van der Waals surface area contributed by atoms with Gasteiger partial charge in [0.05, 0.1) is 5.41 Å². The zero-order chi connectivity index (χ0) is 16.9. The average Bonchev–Trinajstić information content (AvgIpc) is 3.14. The summed E-state index contributed by atoms with van der Waals surface area (Å²) < 4.78 is 5.62. The topological polar surface area (TPSA) is 71.2 Å². The Bertz CT molecular complexity index is 759. The van der Waals surface area contributed by atoms with Crippen LogP contribution in [-0.2, 0) is 5.41 Å². The van der Waals surface area contributed by atoms with Gasteiger partial charge in [-0.25, -0.2) is 9.97 Å². The van der Waals surface area contributed by atoms with Crippen molar-refractivity contribution < 1.29 is 4.52 Å². The molecule has 2 aliphatic rings. The molecule has 0 unspecified atom stereocenters. The fraction of sp³-hybridized carbons (Fsp3) is 0.647. The van der Waals surface area contributed by atoms with Gasteiger partial charge in [0, 0.05) is 37.4 Å². The molecule has 0 aromatic carbocycles. The molecular weight excluding hydrogens is 304 g/mol. The van der Waals surface area contributed by atoms with Crippen LogP contribution in [0, 0.1) is 26.7 Å². The number of fused-ring (bicyclic) bond motifs is 1. The van der Waals surface area contributed by atoms with E-state index in [0.29, 0.717) is 11.7 Å². The van der Waals surface area contributed by atoms with Gasteiger partial charge < -0.3 is 14.3 Å². The highest BCUT2D eigenvalue weighted by atomic mass is 16.5. The van der Waals surface area contributed by atoms with Gasteiger partial charge >= 0.3 is 0 Å². The van der Waals surface area contributed by atoms with Crippen LogP contribution in [-0.4, -0.2) is 58.2 Å². The van der Waals surface area contributed by atoms with Gasteiger partial charge in [0.2, 0.25) is 11.8 Å². The second-order valence-electron chi connectivity index (χ2n) is 7.33. The Morgan fingerprint density at radius 2 is 2.04 bits per heavy atom. The van der Waals surface area contributed by atoms with E-state index < -0.39 is 0 Å². The zero-order valence-electron chi connectivity index (χ0n) is 14.8. The van der Waals surface area contributed by atoms with Crippen molar-refractivity contribution in [2.75, 3.05) is 38.1 Å². The third-order valence-electron chi connectivity index (χ3n) is 5.62. The van der Waals surface area contributed by atoms with Gasteiger partial charge in [-0.2, -0.15) is 4.98 Å². The fourth-order valence-corrected chi connectivity index (χ4v) is 4.02. The number of likely N-dealkylation sites (tertiary alicyclic amines) is 1. The highest BCUT2D eigenvalue weighted by Gasteiger charge is 2.54. The van der Waals surface area contributed by atoms with Gasteiger partial charge in [-0.15, -0.1) is 0 Å². The van der Waals surface area contributed by atoms with Crippen LogP contribution in [0.15, 0.2) is 10.7 Å². The summed E-state index contributed by atoms with van der Waals surface area (Å²) in [5.41, 5.74) is 2.07. The third kappa shape index (κ3) is 2.38. The molecule has 24 heavy (non-hydrogen) atoms. The minimum absolute atomic E-state index is 0.0874. The molecule has 0 N–H and O–H groups in total. The number of hydrogen-bond acceptors (Lipinski definition) is 7. The molecule has 7 nitrogen and oxygen atoms in total. The van der Waals surface area contributed by atoms with E-state index in [2.05, 4.69) is 32.0 Å². The zero-order valence-corrected chi connectivity index (χ0v) is 14.8. The molecule has 0 saturated carbocycles. The molecule has 4 rings (SSSR count). The molecule has 7 heteroatoms. The monoisotopic (exact) mass is 328 g/mol. The van der Waals surface area contributed by atoms with Crippen LogP contribution in [0.1, 0.15) is 29.4 Å². The molecule has 2 aliphatic heterocycles. The molecule has 2 aromatic heterocycles. The van der Waals surface area contributed by atoms with Crippen molar-refractivity contribution in [2.24, 2.45) is 5.92 Å². The molecule has 2 fully saturated rings. The summed E-state index contributed by atoms with van der Waals surface area (Å²) in [7, 11) is 2.18. The molecule has 4 heterocycles. The highest BCUT2D eigenvalue weighted by Crippen LogP contribution is 2.45. The predicted molar refractivity (Wildman–Crippen MR) is 90.0 cm³/mol. The van der Waals surface area contributed by atoms with Crippen molar-refractivity contribution in [3.05, 3.63) is 29.2 Å². The maximum Gasteiger partial charge on any atom is 0.235 e. The first-order valence-corrected chi connectivity index (χ1v) is 8.52. The minimum atomic E-state index is -0.0874. The molecule has 0 bridgehead atoms. The van der Waals surface area contributed by atoms with Crippen LogP contribution in [0.3, 0.4) is 0 Å². The summed E-state index contributed by atoms with van der Waals surface area (Å²) in [6.45, 7) is 9.80. The van der Waals surface area contributed by atoms with Crippen molar-refractivity contribution in [1.82, 2.24) is 25.0 Å². The van der Waals surface area contributed by atoms with E-state index >= 15 is 0 Å². The Morgan fingerprint density at radius 1 is 1.21 bits per heavy atom. The molecule has 128 valence electrons. The number of anilines is 1. The number of nitrogens with zero attached hydrogens (tertiary/aromatic N) is 6. The Balaban J connectivity index is 1.70. The van der Waals surface area contributed by atoms with Crippen molar-refractivity contribution in [3.63, 3.8) is 0 Å². The van der Waals surface area contributed by atoms with Gasteiger partial charge in [0.1, 0.15) is 0 Å². The third-order valence-corrected chi connectivity index (χ3v) is 5.62. The van der Waals surface area contributed by atoms with Crippen molar-refractivity contribution in [2.45, 2.75) is 32.6 Å². The maximum atomic E-state index is 5.62. The number of piperidine rings is 1. The summed E-state index contributed by atoms with van der Waals surface area (Å²) in [6.07, 6.45) is 2.94. The highest BCUT2D eigenvalue weighted by molar-refractivity contribution is 5.39. The van der Waals surface area contributed by atoms with Crippen LogP contribution >= 0.6 is 0 Å². The maximum absolute atomic E-state index is 5.62. The first kappa shape index (κ1) is 15.5. The smallest absolute Gasteiger partial charge is 0.235 e. The van der Waals surface area contributed by atoms with E-state index in [1.54, 1.807) is 0 Å². The second-order valence-corrected chi connectivity index (χ2v) is 7.33. The number of hydrogen-bond donors (Lipinski definition) is 0. The standard InChI is InChI=1S/C17H24N6O/c1-11-7-18-16(19-12(11)2)23-9-14-8-22(4)6-5-17(14,10-23)15-20-13(3)21-24-15/h7,14H,5-6,8-10H2,1-4H3/t14-,17-/m1/s1. The summed E-state index contributed by atoms with van der Waals surface area (Å²) in [4.78, 5) is 18.5. The van der Waals surface area contributed by atoms with Crippen molar-refractivity contribution in [3.8, 4) is 0 Å². The largest absolute Gasteiger partial charge is 0.339 e. The lowest BCUT2D eigenvalue weighted by Gasteiger charge is -2.39. The number of rotatable bonds is 2. The molecular formula is C17H24N6O. The Labute approximate surface area is 142 Å². The normalized spacial score (nSPS) is 27.5. The lowest BCUT2D eigenvalue weighted by atomic mass is 9.72. The SMILES string of the molecule is Cc1noc([C@@]23CCN(C)C[C@@H]2CN(c2ncc(C)c(C)n2)C3)n1. The predicted octanol–water partition coefficient (Wildman–Crippen LogP) is 1.49. The van der Waals surface area contributed by atoms with E-state index in [1.165, 1.54) is 0 Å². The van der Waals surface area contributed by atoms with E-state index in [1.807, 2.05) is 27.0 Å². The minimum Gasteiger partial charge on any atom is -0.339 e. The number of aromatic nitrogens is 4. The van der Waals surface area contributed by atoms with Crippen LogP contribution < -0.4 is 4.90 Å². The fourth-order valence-electron chi connectivity index (χ4n) is 4.02. The molecule has 0 amide bonds. The van der Waals surface area contributed by atoms with Crippen LogP contribution in [0.4, 0.5) is 5.95 Å². The Hall–Kier alpha value is -2.02. The summed E-state index contributed by atoms with van der Waals surface area (Å²) >= 11 is 0. The summed E-state index contributed by atoms with van der Waals surface area (Å²) in [6, 6.07) is 0. The van der Waals surface area contributed by atoms with Gasteiger partial charge in [0.25, 0.3) is 0 Å². The van der Waals surface area contributed by atoms with Crippen molar-refractivity contribution >= 4 is 5.95 Å². The Kier molecular flexibility index (Phi) is 3.56. The van der Waals surface area contributed by atoms with Crippen molar-refractivity contribution in [1.29, 1.82) is 0 Å². The van der Waals surface area contributed by atoms with Crippen LogP contribution in [0.25, 0.3) is 0 Å². The first-order chi connectivity index (χ1) is 11.5. The van der Waals surface area contributed by atoms with E-state index in [-0.39, 0.29) is 5.41 Å². The molecule has 0 spiro atoms. The lowest BCUT2D eigenvalue weighted by Crippen LogP contribution is -2.48. The summed E-state index contributed by atoms with van der Waals surface area (Å²) in [5, 5.41) is 4.04. The average molecular weight is 328 g/mol. The van der Waals surface area contributed by atoms with Crippen LogP contribution in [0.5, 0.6) is 0 Å². The molecule has 2 atom stereocenters. The van der Waals surface area contributed by atoms with E-state index in [0.717, 1.165) is 55.7 Å².